The summed E-state index contributed by atoms with van der Waals surface area (Å²) in [5, 5.41) is 3.84. The van der Waals surface area contributed by atoms with Crippen molar-refractivity contribution in [3.05, 3.63) is 30.3 Å². The van der Waals surface area contributed by atoms with Crippen LogP contribution in [0.2, 0.25) is 0 Å². The fraction of sp³-hybridized carbons (Fsp3) is 0.636. The minimum Gasteiger partial charge on any atom is -0.378 e. The number of benzene rings is 1. The molecule has 1 unspecified atom stereocenters. The SMILES string of the molecule is CCNC(=NCC(C)Sc1ccccc1)N1CCC(C(=O)N2CCOCC2)CC1.I. The molecule has 30 heavy (non-hydrogen) atoms. The van der Waals surface area contributed by atoms with Crippen LogP contribution in [-0.2, 0) is 9.53 Å². The van der Waals surface area contributed by atoms with Crippen molar-refractivity contribution in [3.8, 4) is 0 Å². The summed E-state index contributed by atoms with van der Waals surface area (Å²) in [6, 6.07) is 10.5. The van der Waals surface area contributed by atoms with Crippen molar-refractivity contribution in [1.29, 1.82) is 0 Å². The number of hydrogen-bond donors (Lipinski definition) is 1. The van der Waals surface area contributed by atoms with Gasteiger partial charge in [0, 0.05) is 48.8 Å². The molecule has 0 aliphatic carbocycles. The van der Waals surface area contributed by atoms with E-state index in [9.17, 15) is 4.79 Å². The van der Waals surface area contributed by atoms with Gasteiger partial charge in [-0.05, 0) is 31.9 Å². The Kier molecular flexibility index (Phi) is 11.3. The van der Waals surface area contributed by atoms with Crippen LogP contribution in [0, 0.1) is 5.92 Å². The number of nitrogens with one attached hydrogen (secondary N) is 1. The molecule has 2 fully saturated rings. The van der Waals surface area contributed by atoms with E-state index in [4.69, 9.17) is 9.73 Å². The monoisotopic (exact) mass is 546 g/mol. The maximum Gasteiger partial charge on any atom is 0.225 e. The van der Waals surface area contributed by atoms with Crippen LogP contribution in [0.25, 0.3) is 0 Å². The standard InChI is InChI=1S/C22H34N4O2S.HI/c1-3-23-22(24-17-18(2)29-20-7-5-4-6-8-20)26-11-9-19(10-12-26)21(27)25-13-15-28-16-14-25;/h4-8,18-19H,3,9-17H2,1-2H3,(H,23,24);1H. The van der Waals surface area contributed by atoms with Crippen LogP contribution in [0.1, 0.15) is 26.7 Å². The number of nitrogens with zero attached hydrogens (tertiary/aromatic N) is 3. The minimum atomic E-state index is 0. The molecule has 0 aromatic heterocycles. The third-order valence-electron chi connectivity index (χ3n) is 5.38. The number of morpholine rings is 1. The van der Waals surface area contributed by atoms with Crippen LogP contribution >= 0.6 is 35.7 Å². The summed E-state index contributed by atoms with van der Waals surface area (Å²) >= 11 is 1.86. The van der Waals surface area contributed by atoms with Crippen LogP contribution in [0.4, 0.5) is 0 Å². The van der Waals surface area contributed by atoms with Gasteiger partial charge in [0.15, 0.2) is 5.96 Å². The number of carbonyl (C=O) groups excluding carboxylic acids is 1. The molecular weight excluding hydrogens is 511 g/mol. The van der Waals surface area contributed by atoms with Crippen molar-refractivity contribution < 1.29 is 9.53 Å². The zero-order valence-electron chi connectivity index (χ0n) is 18.1. The fourth-order valence-electron chi connectivity index (χ4n) is 3.79. The molecule has 168 valence electrons. The number of carbonyl (C=O) groups is 1. The van der Waals surface area contributed by atoms with Crippen molar-refractivity contribution in [2.24, 2.45) is 10.9 Å². The summed E-state index contributed by atoms with van der Waals surface area (Å²) in [7, 11) is 0. The number of hydrogen-bond acceptors (Lipinski definition) is 4. The Morgan fingerprint density at radius 2 is 1.83 bits per heavy atom. The highest BCUT2D eigenvalue weighted by atomic mass is 127. The van der Waals surface area contributed by atoms with E-state index < -0.39 is 0 Å². The number of likely N-dealkylation sites (tertiary alicyclic amines) is 1. The molecular formula is C22H35IN4O2S. The minimum absolute atomic E-state index is 0. The van der Waals surface area contributed by atoms with Crippen LogP contribution in [0.3, 0.4) is 0 Å². The van der Waals surface area contributed by atoms with Gasteiger partial charge in [0.2, 0.25) is 5.91 Å². The smallest absolute Gasteiger partial charge is 0.225 e. The van der Waals surface area contributed by atoms with E-state index in [1.807, 2.05) is 22.7 Å². The molecule has 8 heteroatoms. The molecule has 3 rings (SSSR count). The maximum atomic E-state index is 12.7. The molecule has 1 aromatic carbocycles. The molecule has 2 aliphatic rings. The third kappa shape index (κ3) is 7.60. The summed E-state index contributed by atoms with van der Waals surface area (Å²) in [5.74, 6) is 1.42. The number of piperidine rings is 1. The van der Waals surface area contributed by atoms with Crippen molar-refractivity contribution in [3.63, 3.8) is 0 Å². The predicted octanol–water partition coefficient (Wildman–Crippen LogP) is 3.32. The summed E-state index contributed by atoms with van der Waals surface area (Å²) in [4.78, 5) is 23.2. The molecule has 0 spiro atoms. The van der Waals surface area contributed by atoms with Gasteiger partial charge in [-0.3, -0.25) is 9.79 Å². The fourth-order valence-corrected chi connectivity index (χ4v) is 4.72. The molecule has 0 radical (unpaired) electrons. The van der Waals surface area contributed by atoms with E-state index in [2.05, 4.69) is 48.3 Å². The number of guanidine groups is 1. The molecule has 1 N–H and O–H groups in total. The second-order valence-corrected chi connectivity index (χ2v) is 9.15. The number of ether oxygens (including phenoxy) is 1. The Bertz CT molecular complexity index is 662. The molecule has 1 aromatic rings. The first-order chi connectivity index (χ1) is 14.2. The topological polar surface area (TPSA) is 57.2 Å². The predicted molar refractivity (Wildman–Crippen MR) is 135 cm³/mol. The van der Waals surface area contributed by atoms with E-state index in [1.54, 1.807) is 0 Å². The van der Waals surface area contributed by atoms with Gasteiger partial charge >= 0.3 is 0 Å². The first-order valence-corrected chi connectivity index (χ1v) is 11.7. The van der Waals surface area contributed by atoms with Gasteiger partial charge in [-0.15, -0.1) is 35.7 Å². The van der Waals surface area contributed by atoms with Crippen LogP contribution < -0.4 is 5.32 Å². The Labute approximate surface area is 202 Å². The van der Waals surface area contributed by atoms with Gasteiger partial charge in [-0.25, -0.2) is 0 Å². The average Bonchev–Trinajstić information content (AvgIpc) is 2.77. The maximum absolute atomic E-state index is 12.7. The second-order valence-electron chi connectivity index (χ2n) is 7.64. The molecule has 1 atom stereocenters. The molecule has 0 saturated carbocycles. The highest BCUT2D eigenvalue weighted by Gasteiger charge is 2.30. The van der Waals surface area contributed by atoms with Crippen LogP contribution in [0.5, 0.6) is 0 Å². The number of rotatable bonds is 6. The van der Waals surface area contributed by atoms with Gasteiger partial charge < -0.3 is 19.9 Å². The normalized spacial score (nSPS) is 19.2. The summed E-state index contributed by atoms with van der Waals surface area (Å²) in [6.45, 7) is 10.5. The van der Waals surface area contributed by atoms with Gasteiger partial charge in [0.1, 0.15) is 0 Å². The van der Waals surface area contributed by atoms with Crippen LogP contribution in [-0.4, -0.2) is 79.4 Å². The Balaban J connectivity index is 0.00000320. The Morgan fingerprint density at radius 3 is 2.47 bits per heavy atom. The number of halogens is 1. The third-order valence-corrected chi connectivity index (χ3v) is 6.48. The van der Waals surface area contributed by atoms with Crippen LogP contribution in [0.15, 0.2) is 40.2 Å². The molecule has 2 heterocycles. The molecule has 2 saturated heterocycles. The number of amides is 1. The van der Waals surface area contributed by atoms with E-state index >= 15 is 0 Å². The zero-order valence-corrected chi connectivity index (χ0v) is 21.2. The lowest BCUT2D eigenvalue weighted by atomic mass is 9.95. The molecule has 6 nitrogen and oxygen atoms in total. The Morgan fingerprint density at radius 1 is 1.17 bits per heavy atom. The van der Waals surface area contributed by atoms with E-state index in [-0.39, 0.29) is 29.9 Å². The van der Waals surface area contributed by atoms with E-state index in [1.165, 1.54) is 4.90 Å². The first kappa shape index (κ1) is 25.3. The van der Waals surface area contributed by atoms with Crippen molar-refractivity contribution in [2.45, 2.75) is 36.8 Å². The average molecular weight is 547 g/mol. The first-order valence-electron chi connectivity index (χ1n) is 10.8. The van der Waals surface area contributed by atoms with E-state index in [0.29, 0.717) is 24.4 Å². The molecule has 0 bridgehead atoms. The zero-order chi connectivity index (χ0) is 20.5. The quantitative estimate of drug-likeness (QED) is 0.257. The molecule has 2 aliphatic heterocycles. The summed E-state index contributed by atoms with van der Waals surface area (Å²) < 4.78 is 5.37. The highest BCUT2D eigenvalue weighted by Crippen LogP contribution is 2.23. The lowest BCUT2D eigenvalue weighted by Crippen LogP contribution is -2.50. The van der Waals surface area contributed by atoms with E-state index in [0.717, 1.165) is 58.1 Å². The van der Waals surface area contributed by atoms with Gasteiger partial charge in [-0.1, -0.05) is 25.1 Å². The van der Waals surface area contributed by atoms with Gasteiger partial charge in [-0.2, -0.15) is 0 Å². The highest BCUT2D eigenvalue weighted by molar-refractivity contribution is 14.0. The van der Waals surface area contributed by atoms with Crippen molar-refractivity contribution in [1.82, 2.24) is 15.1 Å². The van der Waals surface area contributed by atoms with Gasteiger partial charge in [0.05, 0.1) is 19.8 Å². The summed E-state index contributed by atoms with van der Waals surface area (Å²) in [5.41, 5.74) is 0. The second kappa shape index (κ2) is 13.4. The van der Waals surface area contributed by atoms with Gasteiger partial charge in [0.25, 0.3) is 0 Å². The summed E-state index contributed by atoms with van der Waals surface area (Å²) in [6.07, 6.45) is 1.80. The lowest BCUT2D eigenvalue weighted by Gasteiger charge is -2.36. The lowest BCUT2D eigenvalue weighted by molar-refractivity contribution is -0.140. The number of aliphatic imine (C=N–C) groups is 1. The van der Waals surface area contributed by atoms with Crippen molar-refractivity contribution >= 4 is 47.6 Å². The molecule has 1 amide bonds. The van der Waals surface area contributed by atoms with Crippen molar-refractivity contribution in [2.75, 3.05) is 52.5 Å². The Hall–Kier alpha value is -1.00. The number of thioether (sulfide) groups is 1. The largest absolute Gasteiger partial charge is 0.378 e.